The minimum Gasteiger partial charge on any atom is -0.478 e. The predicted molar refractivity (Wildman–Crippen MR) is 331 cm³/mol. The van der Waals surface area contributed by atoms with Gasteiger partial charge in [-0.05, 0) is 83.1 Å². The molecule has 7 heterocycles. The molecule has 3 aromatic heterocycles. The Balaban J connectivity index is 0.000000156. The normalized spacial score (nSPS) is 13.4. The SMILES string of the molecule is CC(C)(C)c1c[c-]c(N2[CH-]N(c3ccccc3)c3cc(C(F)(F)F)cnc32)cc1.CC(C)c1cccc(C(C)C)c1-c1cc[c-]c(N2[CH-]N(c3ccccc3)c3cccnc32)c1.[Ir].[Ir].[Ir].[c-]1ccccc1N1[CH-]N2c3ccccc3Oc3ccnc1c32. The van der Waals surface area contributed by atoms with Gasteiger partial charge in [0.25, 0.3) is 0 Å². The van der Waals surface area contributed by atoms with Gasteiger partial charge in [-0.1, -0.05) is 121 Å². The summed E-state index contributed by atoms with van der Waals surface area (Å²) in [7, 11) is 0. The molecule has 0 fully saturated rings. The number of benzene rings is 7. The number of aromatic nitrogens is 3. The maximum atomic E-state index is 13.3. The van der Waals surface area contributed by atoms with Crippen LogP contribution < -0.4 is 34.1 Å². The molecule has 3 radical (unpaired) electrons. The molecule has 0 atom stereocenters. The molecule has 10 aromatic rings. The standard InChI is InChI=1S/C30H29N3.C23H20F3N3.C18H11N3O.3Ir/c1-21(2)26-15-9-16-27(22(3)4)29(26)23-11-8-14-25(19-23)33-20-32(24-12-6-5-7-13-24)28-17-10-18-31-30(28)33;1-22(2,3)16-9-11-19(12-10-16)29-15-28(18-7-5-4-6-8-18)20-13-17(23(24,25)26)14-27-21(20)29;1-2-6-13(7-3-1)20-12-21-14-8-4-5-9-15(14)22-16-10-11-19-18(20)17(16)21;;;/h5-13,15-22H,1-4H3;4-11,13-15H,1-3H3;1-6,8-12H;;;/q3*-2;;;. The third-order valence-electron chi connectivity index (χ3n) is 14.9. The number of pyridine rings is 3. The third-order valence-corrected chi connectivity index (χ3v) is 14.9. The molecular weight excluding hydrogens is 1630 g/mol. The van der Waals surface area contributed by atoms with Gasteiger partial charge in [0, 0.05) is 96.3 Å². The molecule has 0 aliphatic carbocycles. The van der Waals surface area contributed by atoms with E-state index in [4.69, 9.17) is 9.72 Å². The van der Waals surface area contributed by atoms with Gasteiger partial charge in [0.05, 0.1) is 28.3 Å². The Kier molecular flexibility index (Phi) is 19.6. The monoisotopic (exact) mass is 1690 g/mol. The van der Waals surface area contributed by atoms with Crippen LogP contribution in [0.25, 0.3) is 11.1 Å². The van der Waals surface area contributed by atoms with Crippen LogP contribution in [0.1, 0.15) is 82.6 Å². The van der Waals surface area contributed by atoms with E-state index in [0.717, 1.165) is 80.8 Å². The van der Waals surface area contributed by atoms with Crippen molar-refractivity contribution < 1.29 is 78.2 Å². The summed E-state index contributed by atoms with van der Waals surface area (Å²) < 4.78 is 45.8. The molecule has 10 nitrogen and oxygen atoms in total. The van der Waals surface area contributed by atoms with Crippen molar-refractivity contribution in [3.8, 4) is 22.6 Å². The Bertz CT molecular complexity index is 3940. The Hall–Kier alpha value is -7.67. The van der Waals surface area contributed by atoms with Gasteiger partial charge in [-0.3, -0.25) is 0 Å². The van der Waals surface area contributed by atoms with Crippen molar-refractivity contribution >= 4 is 68.6 Å². The predicted octanol–water partition coefficient (Wildman–Crippen LogP) is 19.2. The van der Waals surface area contributed by atoms with E-state index in [1.807, 2.05) is 139 Å². The fourth-order valence-electron chi connectivity index (χ4n) is 10.7. The van der Waals surface area contributed by atoms with E-state index in [0.29, 0.717) is 29.0 Å². The van der Waals surface area contributed by atoms with Gasteiger partial charge in [-0.15, -0.1) is 54.8 Å². The van der Waals surface area contributed by atoms with Crippen LogP contribution in [0.2, 0.25) is 0 Å². The first-order chi connectivity index (χ1) is 40.6. The average molecular weight is 1690 g/mol. The van der Waals surface area contributed by atoms with E-state index in [2.05, 4.69) is 159 Å². The molecule has 0 N–H and O–H groups in total. The summed E-state index contributed by atoms with van der Waals surface area (Å²) in [5.41, 5.74) is 13.6. The number of hydrogen-bond donors (Lipinski definition) is 0. The van der Waals surface area contributed by atoms with Crippen LogP contribution in [-0.4, -0.2) is 15.0 Å². The molecule has 0 unspecified atom stereocenters. The Morgan fingerprint density at radius 3 is 1.67 bits per heavy atom. The van der Waals surface area contributed by atoms with Gasteiger partial charge in [0.15, 0.2) is 5.75 Å². The summed E-state index contributed by atoms with van der Waals surface area (Å²) >= 11 is 0. The van der Waals surface area contributed by atoms with Gasteiger partial charge in [0.2, 0.25) is 0 Å². The first kappa shape index (κ1) is 63.8. The summed E-state index contributed by atoms with van der Waals surface area (Å²) in [6, 6.07) is 71.6. The van der Waals surface area contributed by atoms with Crippen molar-refractivity contribution in [3.63, 3.8) is 0 Å². The number of hydrogen-bond acceptors (Lipinski definition) is 10. The molecule has 0 saturated carbocycles. The second-order valence-electron chi connectivity index (χ2n) is 22.2. The molecule has 0 spiro atoms. The Morgan fingerprint density at radius 2 is 1.03 bits per heavy atom. The molecule has 0 saturated heterocycles. The van der Waals surface area contributed by atoms with Crippen molar-refractivity contribution in [3.05, 3.63) is 267 Å². The zero-order valence-electron chi connectivity index (χ0n) is 48.6. The molecule has 16 heteroatoms. The van der Waals surface area contributed by atoms with E-state index < -0.39 is 11.7 Å². The summed E-state index contributed by atoms with van der Waals surface area (Å²) in [5.74, 6) is 4.76. The molecular formula is C71H60F3Ir3N9O-6. The zero-order valence-corrected chi connectivity index (χ0v) is 55.8. The maximum absolute atomic E-state index is 13.3. The summed E-state index contributed by atoms with van der Waals surface area (Å²) in [4.78, 5) is 25.3. The summed E-state index contributed by atoms with van der Waals surface area (Å²) in [6.07, 6.45) is 0.0360. The van der Waals surface area contributed by atoms with Crippen molar-refractivity contribution in [2.45, 2.75) is 71.9 Å². The van der Waals surface area contributed by atoms with Crippen LogP contribution in [0, 0.1) is 38.2 Å². The number of ether oxygens (including phenoxy) is 1. The summed E-state index contributed by atoms with van der Waals surface area (Å²) in [5, 5.41) is 0. The van der Waals surface area contributed by atoms with Crippen molar-refractivity contribution in [1.29, 1.82) is 0 Å². The van der Waals surface area contributed by atoms with Crippen molar-refractivity contribution in [1.82, 2.24) is 15.0 Å². The van der Waals surface area contributed by atoms with Crippen LogP contribution in [0.4, 0.5) is 81.8 Å². The Labute approximate surface area is 548 Å². The van der Waals surface area contributed by atoms with Crippen LogP contribution in [0.3, 0.4) is 0 Å². The van der Waals surface area contributed by atoms with Crippen molar-refractivity contribution in [2.24, 2.45) is 0 Å². The van der Waals surface area contributed by atoms with E-state index >= 15 is 0 Å². The topological polar surface area (TPSA) is 67.3 Å². The number of alkyl halides is 3. The Morgan fingerprint density at radius 1 is 0.460 bits per heavy atom. The van der Waals surface area contributed by atoms with Crippen molar-refractivity contribution in [2.75, 3.05) is 29.4 Å². The van der Waals surface area contributed by atoms with E-state index in [-0.39, 0.29) is 65.7 Å². The fourth-order valence-corrected chi connectivity index (χ4v) is 10.7. The van der Waals surface area contributed by atoms with Crippen LogP contribution in [-0.2, 0) is 71.9 Å². The van der Waals surface area contributed by atoms with E-state index in [9.17, 15) is 13.2 Å². The number of anilines is 12. The summed E-state index contributed by atoms with van der Waals surface area (Å²) in [6.45, 7) is 21.3. The first-order valence-corrected chi connectivity index (χ1v) is 27.9. The van der Waals surface area contributed by atoms with Gasteiger partial charge < -0.3 is 34.1 Å². The van der Waals surface area contributed by atoms with Gasteiger partial charge in [0.1, 0.15) is 23.2 Å². The molecule has 14 rings (SSSR count). The minimum atomic E-state index is -4.46. The second-order valence-corrected chi connectivity index (χ2v) is 22.2. The second kappa shape index (κ2) is 26.7. The number of rotatable bonds is 8. The van der Waals surface area contributed by atoms with E-state index in [1.165, 1.54) is 22.3 Å². The zero-order chi connectivity index (χ0) is 58.3. The quantitative estimate of drug-likeness (QED) is 0.137. The van der Waals surface area contributed by atoms with E-state index in [1.54, 1.807) is 22.7 Å². The number of para-hydroxylation sites is 5. The molecule has 449 valence electrons. The molecule has 4 aliphatic heterocycles. The molecule has 0 bridgehead atoms. The average Bonchev–Trinajstić information content (AvgIpc) is 1.80. The minimum absolute atomic E-state index is 0. The van der Waals surface area contributed by atoms with Gasteiger partial charge >= 0.3 is 6.18 Å². The van der Waals surface area contributed by atoms with Crippen LogP contribution in [0.15, 0.2) is 207 Å². The van der Waals surface area contributed by atoms with Crippen LogP contribution >= 0.6 is 0 Å². The largest absolute Gasteiger partial charge is 0.478 e. The third kappa shape index (κ3) is 13.0. The smallest absolute Gasteiger partial charge is 0.417 e. The number of fused-ring (bicyclic) bond motifs is 4. The fraction of sp³-hybridized carbons (Fsp3) is 0.155. The molecule has 0 amide bonds. The van der Waals surface area contributed by atoms with Gasteiger partial charge in [-0.25, -0.2) is 15.0 Å². The first-order valence-electron chi connectivity index (χ1n) is 27.9. The molecule has 87 heavy (non-hydrogen) atoms. The van der Waals surface area contributed by atoms with Gasteiger partial charge in [-0.2, -0.15) is 85.5 Å². The number of nitrogens with zero attached hydrogens (tertiary/aromatic N) is 9. The molecule has 7 aromatic carbocycles. The molecule has 4 aliphatic rings. The maximum Gasteiger partial charge on any atom is 0.417 e. The number of halogens is 3. The van der Waals surface area contributed by atoms with Crippen LogP contribution in [0.5, 0.6) is 11.5 Å².